The summed E-state index contributed by atoms with van der Waals surface area (Å²) in [5.41, 5.74) is 4.53. The van der Waals surface area contributed by atoms with Gasteiger partial charge in [-0.15, -0.1) is 0 Å². The number of nitrogens with two attached hydrogens (primary N) is 1. The van der Waals surface area contributed by atoms with Gasteiger partial charge in [-0.25, -0.2) is 0 Å². The fourth-order valence-electron chi connectivity index (χ4n) is 6.17. The number of fused-ring (bicyclic) bond motifs is 3. The van der Waals surface area contributed by atoms with Crippen molar-refractivity contribution >= 4 is 23.2 Å². The first-order chi connectivity index (χ1) is 17.4. The number of likely N-dealkylation sites (N-methyl/N-ethyl adjacent to an activating group) is 1. The molecule has 11 heteroatoms. The molecule has 10 nitrogen and oxygen atoms in total. The van der Waals surface area contributed by atoms with Gasteiger partial charge in [-0.05, 0) is 75.2 Å². The number of aromatic hydroxyl groups is 1. The predicted octanol–water partition coefficient (Wildman–Crippen LogP) is 1.49. The van der Waals surface area contributed by atoms with Gasteiger partial charge in [-0.1, -0.05) is 0 Å². The van der Waals surface area contributed by atoms with Crippen molar-refractivity contribution in [1.29, 1.82) is 0 Å². The minimum Gasteiger partial charge on any atom is -0.508 e. The van der Waals surface area contributed by atoms with E-state index < -0.39 is 58.0 Å². The fraction of sp³-hybridized carbons (Fsp3) is 0.333. The molecule has 38 heavy (non-hydrogen) atoms. The number of aliphatic hydroxyl groups is 3. The van der Waals surface area contributed by atoms with E-state index in [1.807, 2.05) is 19.1 Å². The molecule has 1 amide bonds. The number of amides is 1. The van der Waals surface area contributed by atoms with Gasteiger partial charge in [0.15, 0.2) is 11.4 Å². The second-order valence-electron chi connectivity index (χ2n) is 10.2. The van der Waals surface area contributed by atoms with E-state index in [-0.39, 0.29) is 34.4 Å². The summed E-state index contributed by atoms with van der Waals surface area (Å²) in [5.74, 6) is -6.75. The number of benzene rings is 1. The molecule has 0 aliphatic heterocycles. The Bertz CT molecular complexity index is 1460. The number of hydrogen-bond donors (Lipinski definition) is 5. The number of hydrogen-bond acceptors (Lipinski definition) is 9. The van der Waals surface area contributed by atoms with Gasteiger partial charge in [0.2, 0.25) is 5.78 Å². The number of carbonyl (C=O) groups excluding carboxylic acids is 3. The zero-order valence-corrected chi connectivity index (χ0v) is 20.9. The Morgan fingerprint density at radius 2 is 1.84 bits per heavy atom. The number of phenolic OH excluding ortho intramolecular Hbond substituents is 1. The summed E-state index contributed by atoms with van der Waals surface area (Å²) in [6.45, 7) is 1.91. The molecule has 0 radical (unpaired) electrons. The molecule has 1 fully saturated rings. The lowest BCUT2D eigenvalue weighted by Crippen LogP contribution is -2.65. The molecule has 0 unspecified atom stereocenters. The number of carbonyl (C=O) groups is 3. The number of nitrogens with zero attached hydrogens (tertiary/aromatic N) is 2. The number of primary amides is 1. The van der Waals surface area contributed by atoms with Crippen molar-refractivity contribution in [2.75, 3.05) is 14.1 Å². The summed E-state index contributed by atoms with van der Waals surface area (Å²) in [7, 11) is 3.12. The van der Waals surface area contributed by atoms with Gasteiger partial charge in [0, 0.05) is 23.3 Å². The van der Waals surface area contributed by atoms with E-state index in [0.717, 1.165) is 5.56 Å². The van der Waals surface area contributed by atoms with Gasteiger partial charge >= 0.3 is 0 Å². The highest BCUT2D eigenvalue weighted by Crippen LogP contribution is 2.53. The molecule has 3 aliphatic carbocycles. The predicted molar refractivity (Wildman–Crippen MR) is 135 cm³/mol. The number of aliphatic hydroxyl groups excluding tert-OH is 2. The molecule has 0 saturated heterocycles. The van der Waals surface area contributed by atoms with Crippen LogP contribution < -0.4 is 5.73 Å². The lowest BCUT2D eigenvalue weighted by atomic mass is 9.57. The van der Waals surface area contributed by atoms with Crippen LogP contribution in [0.2, 0.25) is 0 Å². The van der Waals surface area contributed by atoms with Crippen LogP contribution in [0.15, 0.2) is 47.4 Å². The lowest BCUT2D eigenvalue weighted by Gasteiger charge is -2.50. The molecule has 5 rings (SSSR count). The van der Waals surface area contributed by atoms with E-state index in [2.05, 4.69) is 4.98 Å². The number of Topliss-reactive ketones (excluding diaryl/α,β-unsaturated/α-hetero) is 2. The highest BCUT2D eigenvalue weighted by atomic mass is 19.0. The Morgan fingerprint density at radius 3 is 2.45 bits per heavy atom. The number of halogens is 1. The Labute approximate surface area is 217 Å². The van der Waals surface area contributed by atoms with Gasteiger partial charge in [0.25, 0.3) is 5.91 Å². The molecule has 0 bridgehead atoms. The van der Waals surface area contributed by atoms with Crippen molar-refractivity contribution in [2.45, 2.75) is 31.4 Å². The molecule has 1 heterocycles. The molecule has 1 aromatic carbocycles. The number of rotatable bonds is 3. The fourth-order valence-corrected chi connectivity index (χ4v) is 6.17. The first-order valence-electron chi connectivity index (χ1n) is 11.8. The second kappa shape index (κ2) is 9.03. The van der Waals surface area contributed by atoms with E-state index in [9.17, 15) is 34.8 Å². The largest absolute Gasteiger partial charge is 0.508 e. The van der Waals surface area contributed by atoms with E-state index in [4.69, 9.17) is 5.73 Å². The number of phenols is 1. The number of aryl methyl sites for hydroxylation is 1. The number of aromatic nitrogens is 1. The second-order valence-corrected chi connectivity index (χ2v) is 10.2. The number of ketones is 2. The summed E-state index contributed by atoms with van der Waals surface area (Å²) in [4.78, 5) is 45.0. The van der Waals surface area contributed by atoms with Gasteiger partial charge < -0.3 is 26.2 Å². The van der Waals surface area contributed by atoms with Crippen molar-refractivity contribution in [3.05, 3.63) is 64.1 Å². The van der Waals surface area contributed by atoms with Gasteiger partial charge in [-0.2, -0.15) is 0 Å². The van der Waals surface area contributed by atoms with Crippen LogP contribution in [0.25, 0.3) is 17.0 Å². The Kier molecular flexibility index (Phi) is 6.41. The third-order valence-corrected chi connectivity index (χ3v) is 7.80. The van der Waals surface area contributed by atoms with E-state index in [1.54, 1.807) is 26.4 Å². The minimum atomic E-state index is -2.66. The van der Waals surface area contributed by atoms with Gasteiger partial charge in [0.05, 0.1) is 17.3 Å². The highest BCUT2D eigenvalue weighted by molar-refractivity contribution is 6.24. The van der Waals surface area contributed by atoms with E-state index >= 15 is 0 Å². The van der Waals surface area contributed by atoms with Crippen LogP contribution in [-0.2, 0) is 20.8 Å². The van der Waals surface area contributed by atoms with Crippen LogP contribution in [0, 0.1) is 18.8 Å². The average Bonchev–Trinajstić information content (AvgIpc) is 2.81. The summed E-state index contributed by atoms with van der Waals surface area (Å²) >= 11 is 0. The summed E-state index contributed by atoms with van der Waals surface area (Å²) in [6.07, 6.45) is 1.88. The third-order valence-electron chi connectivity index (χ3n) is 7.80. The molecular formula is C27H28FN3O7. The van der Waals surface area contributed by atoms with Crippen molar-refractivity contribution in [3.63, 3.8) is 0 Å². The van der Waals surface area contributed by atoms with Crippen LogP contribution in [-0.4, -0.2) is 73.5 Å². The quantitative estimate of drug-likeness (QED) is 0.372. The summed E-state index contributed by atoms with van der Waals surface area (Å²) in [5, 5.41) is 44.6. The van der Waals surface area contributed by atoms with Crippen LogP contribution in [0.3, 0.4) is 0 Å². The maximum absolute atomic E-state index is 13.9. The standard InChI is InChI=1S/C27H27N3O7.FH/c1-11-6-7-29-16(8-11)13-4-5-17(31)19-14(13)9-12-10-15-21(30(2)3)23(33)20(26(28)36)25(35)27(15,37)24(34)18(12)22(19)32;/h4-8,12,15,21,31-32,35,37H,9-10H2,1-3H3,(H2,28,36);1H/t12-,15-,21-,27-;/m0./s1. The van der Waals surface area contributed by atoms with E-state index in [0.29, 0.717) is 16.8 Å². The van der Waals surface area contributed by atoms with Crippen molar-refractivity contribution in [2.24, 2.45) is 17.6 Å². The van der Waals surface area contributed by atoms with Crippen molar-refractivity contribution in [1.82, 2.24) is 9.88 Å². The zero-order valence-electron chi connectivity index (χ0n) is 20.9. The first-order valence-corrected chi connectivity index (χ1v) is 11.8. The molecule has 3 aliphatic rings. The Balaban J connectivity index is 0.00000336. The SMILES string of the molecule is Cc1ccnc(-c2ccc(O)c3c2C[C@H]2C[C@H]4[C@H](N(C)C)C(=O)C(C(N)=O)=C(O)[C@@]4(O)C(=O)C2=C3O)c1.F. The zero-order chi connectivity index (χ0) is 27.0. The minimum absolute atomic E-state index is 0. The molecule has 4 atom stereocenters. The summed E-state index contributed by atoms with van der Waals surface area (Å²) in [6, 6.07) is 5.66. The van der Waals surface area contributed by atoms with E-state index in [1.165, 1.54) is 11.0 Å². The first kappa shape index (κ1) is 27.0. The third kappa shape index (κ3) is 3.53. The maximum atomic E-state index is 13.9. The molecule has 200 valence electrons. The lowest BCUT2D eigenvalue weighted by molar-refractivity contribution is -0.153. The molecular weight excluding hydrogens is 497 g/mol. The monoisotopic (exact) mass is 525 g/mol. The highest BCUT2D eigenvalue weighted by Gasteiger charge is 2.64. The Hall–Kier alpha value is -4.09. The maximum Gasteiger partial charge on any atom is 0.255 e. The van der Waals surface area contributed by atoms with Crippen LogP contribution in [0.5, 0.6) is 5.75 Å². The topological polar surface area (TPSA) is 174 Å². The molecule has 2 aromatic rings. The number of pyridine rings is 1. The van der Waals surface area contributed by atoms with Crippen LogP contribution >= 0.6 is 0 Å². The molecule has 6 N–H and O–H groups in total. The molecule has 1 aromatic heterocycles. The van der Waals surface area contributed by atoms with Crippen LogP contribution in [0.1, 0.15) is 23.1 Å². The van der Waals surface area contributed by atoms with Crippen molar-refractivity contribution < 1.29 is 39.5 Å². The van der Waals surface area contributed by atoms with Crippen molar-refractivity contribution in [3.8, 4) is 17.0 Å². The summed E-state index contributed by atoms with van der Waals surface area (Å²) < 4.78 is 0. The van der Waals surface area contributed by atoms with Gasteiger partial charge in [-0.3, -0.25) is 29.0 Å². The van der Waals surface area contributed by atoms with Gasteiger partial charge in [0.1, 0.15) is 22.8 Å². The average molecular weight is 526 g/mol. The normalized spacial score (nSPS) is 26.5. The molecule has 0 spiro atoms. The smallest absolute Gasteiger partial charge is 0.255 e. The Morgan fingerprint density at radius 1 is 1.16 bits per heavy atom. The molecule has 1 saturated carbocycles. The van der Waals surface area contributed by atoms with Crippen LogP contribution in [0.4, 0.5) is 4.70 Å².